The highest BCUT2D eigenvalue weighted by atomic mass is 16.4. The highest BCUT2D eigenvalue weighted by Gasteiger charge is 2.37. The van der Waals surface area contributed by atoms with Crippen molar-refractivity contribution >= 4 is 17.6 Å². The van der Waals surface area contributed by atoms with Crippen molar-refractivity contribution in [2.24, 2.45) is 0 Å². The summed E-state index contributed by atoms with van der Waals surface area (Å²) in [6.07, 6.45) is 2.53. The number of hydrogen-bond donors (Lipinski definition) is 3. The lowest BCUT2D eigenvalue weighted by Crippen LogP contribution is -2.53. The molecule has 0 aromatic heterocycles. The minimum atomic E-state index is -1.19. The van der Waals surface area contributed by atoms with Crippen LogP contribution in [0.15, 0.2) is 18.2 Å². The van der Waals surface area contributed by atoms with Crippen molar-refractivity contribution in [1.29, 1.82) is 0 Å². The molecule has 1 amide bonds. The Morgan fingerprint density at radius 2 is 2.05 bits per heavy atom. The van der Waals surface area contributed by atoms with E-state index in [-0.39, 0.29) is 5.91 Å². The second kappa shape index (κ2) is 6.16. The standard InChI is InChI=1S/C16H22N2O3/c1-3-16(4-2,15(20)21)18-14(19)12-7-5-9-13-11(12)8-6-10-17-13/h5,7,9,17H,3-4,6,8,10H2,1-2H3,(H,18,19)(H,20,21). The van der Waals surface area contributed by atoms with E-state index in [0.717, 1.165) is 30.6 Å². The first-order valence-corrected chi connectivity index (χ1v) is 7.45. The summed E-state index contributed by atoms with van der Waals surface area (Å²) >= 11 is 0. The van der Waals surface area contributed by atoms with Crippen molar-refractivity contribution in [3.63, 3.8) is 0 Å². The SMILES string of the molecule is CCC(CC)(NC(=O)c1cccc2c1CCCN2)C(=O)O. The van der Waals surface area contributed by atoms with Gasteiger partial charge in [-0.15, -0.1) is 0 Å². The van der Waals surface area contributed by atoms with E-state index in [1.807, 2.05) is 12.1 Å². The van der Waals surface area contributed by atoms with Crippen LogP contribution in [0.2, 0.25) is 0 Å². The second-order valence-electron chi connectivity index (χ2n) is 5.41. The predicted molar refractivity (Wildman–Crippen MR) is 81.7 cm³/mol. The van der Waals surface area contributed by atoms with Gasteiger partial charge in [0.15, 0.2) is 0 Å². The molecular formula is C16H22N2O3. The Morgan fingerprint density at radius 1 is 1.33 bits per heavy atom. The van der Waals surface area contributed by atoms with Crippen LogP contribution in [0, 0.1) is 0 Å². The number of nitrogens with one attached hydrogen (secondary N) is 2. The van der Waals surface area contributed by atoms with Crippen molar-refractivity contribution < 1.29 is 14.7 Å². The number of carboxylic acids is 1. The highest BCUT2D eigenvalue weighted by molar-refractivity contribution is 6.00. The van der Waals surface area contributed by atoms with Crippen molar-refractivity contribution in [3.05, 3.63) is 29.3 Å². The Bertz CT molecular complexity index is 550. The number of carbonyl (C=O) groups excluding carboxylic acids is 1. The lowest BCUT2D eigenvalue weighted by molar-refractivity contribution is -0.144. The van der Waals surface area contributed by atoms with Gasteiger partial charge in [0.2, 0.25) is 0 Å². The van der Waals surface area contributed by atoms with Gasteiger partial charge in [-0.2, -0.15) is 0 Å². The number of carbonyl (C=O) groups is 2. The van der Waals surface area contributed by atoms with Crippen LogP contribution >= 0.6 is 0 Å². The minimum absolute atomic E-state index is 0.304. The number of benzene rings is 1. The first kappa shape index (κ1) is 15.4. The largest absolute Gasteiger partial charge is 0.480 e. The summed E-state index contributed by atoms with van der Waals surface area (Å²) in [6.45, 7) is 4.46. The van der Waals surface area contributed by atoms with Crippen molar-refractivity contribution in [1.82, 2.24) is 5.32 Å². The van der Waals surface area contributed by atoms with Gasteiger partial charge in [0.1, 0.15) is 5.54 Å². The van der Waals surface area contributed by atoms with Crippen LogP contribution in [-0.4, -0.2) is 29.1 Å². The van der Waals surface area contributed by atoms with E-state index in [2.05, 4.69) is 10.6 Å². The van der Waals surface area contributed by atoms with Gasteiger partial charge in [-0.3, -0.25) is 4.79 Å². The Labute approximate surface area is 124 Å². The average Bonchev–Trinajstić information content (AvgIpc) is 2.51. The van der Waals surface area contributed by atoms with Gasteiger partial charge in [-0.25, -0.2) is 4.79 Å². The Balaban J connectivity index is 2.30. The second-order valence-corrected chi connectivity index (χ2v) is 5.41. The van der Waals surface area contributed by atoms with E-state index in [1.165, 1.54) is 0 Å². The third-order valence-electron chi connectivity index (χ3n) is 4.31. The minimum Gasteiger partial charge on any atom is -0.480 e. The molecule has 1 aliphatic rings. The zero-order valence-corrected chi connectivity index (χ0v) is 12.5. The number of aliphatic carboxylic acids is 1. The maximum Gasteiger partial charge on any atom is 0.329 e. The van der Waals surface area contributed by atoms with Gasteiger partial charge in [-0.1, -0.05) is 19.9 Å². The number of fused-ring (bicyclic) bond motifs is 1. The quantitative estimate of drug-likeness (QED) is 0.778. The zero-order valence-electron chi connectivity index (χ0n) is 12.5. The van der Waals surface area contributed by atoms with Gasteiger partial charge in [0.05, 0.1) is 0 Å². The number of hydrogen-bond acceptors (Lipinski definition) is 3. The van der Waals surface area contributed by atoms with Crippen LogP contribution in [0.4, 0.5) is 5.69 Å². The Kier molecular flexibility index (Phi) is 4.50. The molecule has 0 fully saturated rings. The van der Waals surface area contributed by atoms with Crippen molar-refractivity contribution in [2.75, 3.05) is 11.9 Å². The highest BCUT2D eigenvalue weighted by Crippen LogP contribution is 2.26. The number of anilines is 1. The molecule has 0 atom stereocenters. The van der Waals surface area contributed by atoms with Gasteiger partial charge >= 0.3 is 5.97 Å². The molecule has 0 saturated heterocycles. The van der Waals surface area contributed by atoms with Crippen LogP contribution in [0.5, 0.6) is 0 Å². The van der Waals surface area contributed by atoms with Crippen LogP contribution in [0.25, 0.3) is 0 Å². The zero-order chi connectivity index (χ0) is 15.5. The summed E-state index contributed by atoms with van der Waals surface area (Å²) in [5.41, 5.74) is 1.34. The third-order valence-corrected chi connectivity index (χ3v) is 4.31. The van der Waals surface area contributed by atoms with Gasteiger partial charge < -0.3 is 15.7 Å². The van der Waals surface area contributed by atoms with Gasteiger partial charge in [0, 0.05) is 17.8 Å². The van der Waals surface area contributed by atoms with Crippen LogP contribution in [0.1, 0.15) is 49.0 Å². The average molecular weight is 290 g/mol. The molecule has 0 aliphatic carbocycles. The summed E-state index contributed by atoms with van der Waals surface area (Å²) in [4.78, 5) is 24.1. The summed E-state index contributed by atoms with van der Waals surface area (Å²) < 4.78 is 0. The summed E-state index contributed by atoms with van der Waals surface area (Å²) in [6, 6.07) is 5.54. The first-order valence-electron chi connectivity index (χ1n) is 7.45. The monoisotopic (exact) mass is 290 g/mol. The van der Waals surface area contributed by atoms with Crippen LogP contribution in [0.3, 0.4) is 0 Å². The Hall–Kier alpha value is -2.04. The van der Waals surface area contributed by atoms with Gasteiger partial charge in [0.25, 0.3) is 5.91 Å². The molecule has 3 N–H and O–H groups in total. The molecular weight excluding hydrogens is 268 g/mol. The normalized spacial score (nSPS) is 14.0. The predicted octanol–water partition coefficient (Wildman–Crippen LogP) is 2.42. The fourth-order valence-electron chi connectivity index (χ4n) is 2.79. The van der Waals surface area contributed by atoms with E-state index < -0.39 is 11.5 Å². The fourth-order valence-corrected chi connectivity index (χ4v) is 2.79. The summed E-state index contributed by atoms with van der Waals surface area (Å²) in [5, 5.41) is 15.4. The smallest absolute Gasteiger partial charge is 0.329 e. The molecule has 1 aromatic rings. The molecule has 1 aliphatic heterocycles. The number of carboxylic acid groups (broad SMARTS) is 1. The van der Waals surface area contributed by atoms with Crippen molar-refractivity contribution in [2.45, 2.75) is 45.1 Å². The lowest BCUT2D eigenvalue weighted by atomic mass is 9.91. The molecule has 114 valence electrons. The van der Waals surface area contributed by atoms with Crippen molar-refractivity contribution in [3.8, 4) is 0 Å². The maximum absolute atomic E-state index is 12.6. The first-order chi connectivity index (χ1) is 10.0. The molecule has 5 nitrogen and oxygen atoms in total. The molecule has 0 bridgehead atoms. The summed E-state index contributed by atoms with van der Waals surface area (Å²) in [5.74, 6) is -1.29. The molecule has 2 rings (SSSR count). The molecule has 1 heterocycles. The molecule has 0 spiro atoms. The number of amides is 1. The van der Waals surface area contributed by atoms with Crippen LogP contribution < -0.4 is 10.6 Å². The Morgan fingerprint density at radius 3 is 2.67 bits per heavy atom. The molecule has 0 saturated carbocycles. The van der Waals surface area contributed by atoms with Gasteiger partial charge in [-0.05, 0) is 43.4 Å². The molecule has 0 radical (unpaired) electrons. The topological polar surface area (TPSA) is 78.4 Å². The van der Waals surface area contributed by atoms with E-state index >= 15 is 0 Å². The molecule has 21 heavy (non-hydrogen) atoms. The van der Waals surface area contributed by atoms with E-state index in [4.69, 9.17) is 0 Å². The van der Waals surface area contributed by atoms with E-state index in [0.29, 0.717) is 18.4 Å². The maximum atomic E-state index is 12.6. The summed E-state index contributed by atoms with van der Waals surface area (Å²) in [7, 11) is 0. The van der Waals surface area contributed by atoms with Crippen LogP contribution in [-0.2, 0) is 11.2 Å². The van der Waals surface area contributed by atoms with E-state index in [1.54, 1.807) is 19.9 Å². The molecule has 0 unspecified atom stereocenters. The van der Waals surface area contributed by atoms with E-state index in [9.17, 15) is 14.7 Å². The third kappa shape index (κ3) is 2.86. The number of rotatable bonds is 5. The fraction of sp³-hybridized carbons (Fsp3) is 0.500. The molecule has 5 heteroatoms. The lowest BCUT2D eigenvalue weighted by Gasteiger charge is -2.29. The molecule has 1 aromatic carbocycles.